The molecule has 0 aliphatic rings. The molecule has 8 nitrogen and oxygen atoms in total. The molecule has 0 saturated heterocycles. The lowest BCUT2D eigenvalue weighted by molar-refractivity contribution is -0.141. The molecule has 0 saturated carbocycles. The zero-order valence-electron chi connectivity index (χ0n) is 14.6. The Morgan fingerprint density at radius 1 is 1.19 bits per heavy atom. The quantitative estimate of drug-likeness (QED) is 0.521. The first kappa shape index (κ1) is 21.1. The van der Waals surface area contributed by atoms with Crippen molar-refractivity contribution >= 4 is 23.7 Å². The minimum atomic E-state index is -1.11. The number of hydrogen-bond acceptors (Lipinski definition) is 5. The highest BCUT2D eigenvalue weighted by Gasteiger charge is 2.25. The van der Waals surface area contributed by atoms with Crippen LogP contribution in [-0.4, -0.2) is 42.9 Å². The zero-order chi connectivity index (χ0) is 19.7. The lowest BCUT2D eigenvalue weighted by atomic mass is 10.0. The van der Waals surface area contributed by atoms with Crippen molar-refractivity contribution in [2.75, 3.05) is 7.11 Å². The molecule has 26 heavy (non-hydrogen) atoms. The predicted octanol–water partition coefficient (Wildman–Crippen LogP) is -0.204. The van der Waals surface area contributed by atoms with Crippen molar-refractivity contribution in [1.29, 1.82) is 0 Å². The van der Waals surface area contributed by atoms with E-state index in [2.05, 4.69) is 15.4 Å². The van der Waals surface area contributed by atoms with Crippen molar-refractivity contribution in [2.45, 2.75) is 38.3 Å². The minimum Gasteiger partial charge on any atom is -0.469 e. The van der Waals surface area contributed by atoms with Crippen LogP contribution >= 0.6 is 0 Å². The molecule has 1 rings (SSSR count). The lowest BCUT2D eigenvalue weighted by Gasteiger charge is -2.21. The van der Waals surface area contributed by atoms with Gasteiger partial charge in [-0.1, -0.05) is 12.1 Å². The summed E-state index contributed by atoms with van der Waals surface area (Å²) >= 11 is 0. The second-order valence-electron chi connectivity index (χ2n) is 5.67. The van der Waals surface area contributed by atoms with Crippen LogP contribution in [-0.2, 0) is 30.3 Å². The number of ether oxygens (including phenoxy) is 1. The van der Waals surface area contributed by atoms with E-state index < -0.39 is 41.6 Å². The Morgan fingerprint density at radius 2 is 1.88 bits per heavy atom. The van der Waals surface area contributed by atoms with Gasteiger partial charge in [-0.05, 0) is 24.1 Å². The SMILES string of the molecule is COC(=O)CC[C@H](NC(=O)[C@H](Cc1cccc(F)c1)NC(C)=O)C(N)=O. The number of halogens is 1. The van der Waals surface area contributed by atoms with Gasteiger partial charge >= 0.3 is 5.97 Å². The third kappa shape index (κ3) is 7.29. The number of carbonyl (C=O) groups is 4. The fraction of sp³-hybridized carbons (Fsp3) is 0.412. The molecular formula is C17H22FN3O5. The number of benzene rings is 1. The van der Waals surface area contributed by atoms with Gasteiger partial charge < -0.3 is 21.1 Å². The molecule has 0 bridgehead atoms. The Hall–Kier alpha value is -2.97. The molecule has 3 amide bonds. The van der Waals surface area contributed by atoms with Crippen molar-refractivity contribution in [3.63, 3.8) is 0 Å². The van der Waals surface area contributed by atoms with Crippen molar-refractivity contribution in [3.05, 3.63) is 35.6 Å². The van der Waals surface area contributed by atoms with Crippen LogP contribution in [0.3, 0.4) is 0 Å². The van der Waals surface area contributed by atoms with E-state index in [0.29, 0.717) is 5.56 Å². The van der Waals surface area contributed by atoms with Gasteiger partial charge in [-0.15, -0.1) is 0 Å². The number of esters is 1. The van der Waals surface area contributed by atoms with Crippen molar-refractivity contribution in [2.24, 2.45) is 5.73 Å². The third-order valence-corrected chi connectivity index (χ3v) is 3.55. The number of amides is 3. The van der Waals surface area contributed by atoms with E-state index in [-0.39, 0.29) is 19.3 Å². The second-order valence-corrected chi connectivity index (χ2v) is 5.67. The topological polar surface area (TPSA) is 128 Å². The molecule has 0 aliphatic heterocycles. The van der Waals surface area contributed by atoms with Gasteiger partial charge in [-0.3, -0.25) is 19.2 Å². The Morgan fingerprint density at radius 3 is 2.42 bits per heavy atom. The van der Waals surface area contributed by atoms with Crippen LogP contribution in [0.25, 0.3) is 0 Å². The highest BCUT2D eigenvalue weighted by Crippen LogP contribution is 2.08. The van der Waals surface area contributed by atoms with Gasteiger partial charge in [0.1, 0.15) is 17.9 Å². The summed E-state index contributed by atoms with van der Waals surface area (Å²) in [5.74, 6) is -2.99. The maximum absolute atomic E-state index is 13.3. The Bertz CT molecular complexity index is 680. The van der Waals surface area contributed by atoms with E-state index in [1.165, 1.54) is 32.2 Å². The summed E-state index contributed by atoms with van der Waals surface area (Å²) in [4.78, 5) is 46.5. The van der Waals surface area contributed by atoms with E-state index in [1.54, 1.807) is 6.07 Å². The number of nitrogens with two attached hydrogens (primary N) is 1. The van der Waals surface area contributed by atoms with Crippen LogP contribution < -0.4 is 16.4 Å². The zero-order valence-corrected chi connectivity index (χ0v) is 14.6. The molecule has 9 heteroatoms. The monoisotopic (exact) mass is 367 g/mol. The maximum atomic E-state index is 13.3. The first-order valence-corrected chi connectivity index (χ1v) is 7.91. The fourth-order valence-corrected chi connectivity index (χ4v) is 2.28. The normalized spacial score (nSPS) is 12.6. The number of nitrogens with one attached hydrogen (secondary N) is 2. The summed E-state index contributed by atoms with van der Waals surface area (Å²) in [6.45, 7) is 1.23. The number of primary amides is 1. The summed E-state index contributed by atoms with van der Waals surface area (Å²) in [6.07, 6.45) is -0.134. The number of methoxy groups -OCH3 is 1. The molecule has 0 aliphatic carbocycles. The van der Waals surface area contributed by atoms with Crippen LogP contribution in [0.5, 0.6) is 0 Å². The van der Waals surface area contributed by atoms with Crippen LogP contribution in [0.15, 0.2) is 24.3 Å². The summed E-state index contributed by atoms with van der Waals surface area (Å²) in [5, 5.41) is 4.86. The highest BCUT2D eigenvalue weighted by molar-refractivity contribution is 5.91. The molecule has 0 aromatic heterocycles. The molecule has 4 N–H and O–H groups in total. The van der Waals surface area contributed by atoms with E-state index in [9.17, 15) is 23.6 Å². The average molecular weight is 367 g/mol. The minimum absolute atomic E-state index is 0.0195. The van der Waals surface area contributed by atoms with Gasteiger partial charge in [0.05, 0.1) is 7.11 Å². The van der Waals surface area contributed by atoms with Crippen molar-refractivity contribution in [1.82, 2.24) is 10.6 Å². The van der Waals surface area contributed by atoms with Gasteiger partial charge in [0.15, 0.2) is 0 Å². The molecule has 142 valence electrons. The Labute approximate surface area is 150 Å². The van der Waals surface area contributed by atoms with Crippen molar-refractivity contribution in [3.8, 4) is 0 Å². The Balaban J connectivity index is 2.83. The molecular weight excluding hydrogens is 345 g/mol. The van der Waals surface area contributed by atoms with Crippen LogP contribution in [0, 0.1) is 5.82 Å². The number of hydrogen-bond donors (Lipinski definition) is 3. The van der Waals surface area contributed by atoms with Crippen molar-refractivity contribution < 1.29 is 28.3 Å². The van der Waals surface area contributed by atoms with Crippen LogP contribution in [0.1, 0.15) is 25.3 Å². The molecule has 0 radical (unpaired) electrons. The van der Waals surface area contributed by atoms with Crippen LogP contribution in [0.2, 0.25) is 0 Å². The van der Waals surface area contributed by atoms with Gasteiger partial charge in [0.2, 0.25) is 17.7 Å². The highest BCUT2D eigenvalue weighted by atomic mass is 19.1. The molecule has 2 atom stereocenters. The van der Waals surface area contributed by atoms with Gasteiger partial charge in [0, 0.05) is 19.8 Å². The van der Waals surface area contributed by atoms with Gasteiger partial charge in [-0.2, -0.15) is 0 Å². The lowest BCUT2D eigenvalue weighted by Crippen LogP contribution is -2.53. The predicted molar refractivity (Wildman–Crippen MR) is 90.1 cm³/mol. The van der Waals surface area contributed by atoms with Gasteiger partial charge in [-0.25, -0.2) is 4.39 Å². The molecule has 1 aromatic carbocycles. The van der Waals surface area contributed by atoms with E-state index in [1.807, 2.05) is 0 Å². The smallest absolute Gasteiger partial charge is 0.305 e. The van der Waals surface area contributed by atoms with E-state index >= 15 is 0 Å². The maximum Gasteiger partial charge on any atom is 0.305 e. The third-order valence-electron chi connectivity index (χ3n) is 3.55. The number of carbonyl (C=O) groups excluding carboxylic acids is 4. The summed E-state index contributed by atoms with van der Waals surface area (Å²) in [5.41, 5.74) is 5.73. The molecule has 0 fully saturated rings. The molecule has 0 spiro atoms. The van der Waals surface area contributed by atoms with Gasteiger partial charge in [0.25, 0.3) is 0 Å². The van der Waals surface area contributed by atoms with E-state index in [0.717, 1.165) is 0 Å². The summed E-state index contributed by atoms with van der Waals surface area (Å²) in [7, 11) is 1.20. The summed E-state index contributed by atoms with van der Waals surface area (Å²) in [6, 6.07) is 3.45. The number of rotatable bonds is 9. The van der Waals surface area contributed by atoms with Crippen LogP contribution in [0.4, 0.5) is 4.39 Å². The first-order chi connectivity index (χ1) is 12.2. The largest absolute Gasteiger partial charge is 0.469 e. The molecule has 1 aromatic rings. The average Bonchev–Trinajstić information content (AvgIpc) is 2.56. The standard InChI is InChI=1S/C17H22FN3O5/c1-10(22)20-14(9-11-4-3-5-12(18)8-11)17(25)21-13(16(19)24)6-7-15(23)26-2/h3-5,8,13-14H,6-7,9H2,1-2H3,(H2,19,24)(H,20,22)(H,21,25)/t13-,14-/m0/s1. The molecule has 0 heterocycles. The Kier molecular flexibility index (Phi) is 8.20. The first-order valence-electron chi connectivity index (χ1n) is 7.91. The fourth-order valence-electron chi connectivity index (χ4n) is 2.28. The molecule has 0 unspecified atom stereocenters. The van der Waals surface area contributed by atoms with E-state index in [4.69, 9.17) is 5.73 Å². The summed E-state index contributed by atoms with van der Waals surface area (Å²) < 4.78 is 17.8. The second kappa shape index (κ2) is 10.1.